The van der Waals surface area contributed by atoms with Gasteiger partial charge in [-0.05, 0) is 38.8 Å². The molecule has 6 heteroatoms. The summed E-state index contributed by atoms with van der Waals surface area (Å²) in [6, 6.07) is 0. The van der Waals surface area contributed by atoms with E-state index in [1.165, 1.54) is 0 Å². The molecular formula is C13H22N4O2. The Labute approximate surface area is 113 Å². The third kappa shape index (κ3) is 2.94. The van der Waals surface area contributed by atoms with Gasteiger partial charge in [-0.2, -0.15) is 4.98 Å². The van der Waals surface area contributed by atoms with Gasteiger partial charge in [-0.15, -0.1) is 0 Å². The molecule has 0 spiro atoms. The van der Waals surface area contributed by atoms with Gasteiger partial charge in [0.25, 0.3) is 11.7 Å². The summed E-state index contributed by atoms with van der Waals surface area (Å²) in [6.07, 6.45) is 2.30. The van der Waals surface area contributed by atoms with Crippen LogP contribution in [0, 0.1) is 5.92 Å². The Morgan fingerprint density at radius 1 is 1.58 bits per heavy atom. The number of aromatic nitrogens is 2. The summed E-state index contributed by atoms with van der Waals surface area (Å²) in [5.41, 5.74) is -0.217. The molecule has 19 heavy (non-hydrogen) atoms. The molecule has 0 aliphatic carbocycles. The number of nitrogens with one attached hydrogen (secondary N) is 2. The van der Waals surface area contributed by atoms with E-state index in [-0.39, 0.29) is 17.1 Å². The van der Waals surface area contributed by atoms with Gasteiger partial charge in [0.2, 0.25) is 5.89 Å². The van der Waals surface area contributed by atoms with E-state index < -0.39 is 0 Å². The van der Waals surface area contributed by atoms with Gasteiger partial charge in [0.1, 0.15) is 0 Å². The van der Waals surface area contributed by atoms with Gasteiger partial charge < -0.3 is 15.2 Å². The molecule has 2 rings (SSSR count). The third-order valence-electron chi connectivity index (χ3n) is 3.84. The predicted octanol–water partition coefficient (Wildman–Crippen LogP) is 1.10. The van der Waals surface area contributed by atoms with Crippen molar-refractivity contribution in [3.05, 3.63) is 11.7 Å². The fourth-order valence-corrected chi connectivity index (χ4v) is 2.46. The lowest BCUT2D eigenvalue weighted by Crippen LogP contribution is -2.41. The minimum Gasteiger partial charge on any atom is -0.349 e. The molecule has 1 aliphatic heterocycles. The molecule has 1 amide bonds. The van der Waals surface area contributed by atoms with Gasteiger partial charge in [-0.1, -0.05) is 19.0 Å². The molecule has 2 heterocycles. The summed E-state index contributed by atoms with van der Waals surface area (Å²) in [5, 5.41) is 9.84. The Morgan fingerprint density at radius 2 is 2.37 bits per heavy atom. The zero-order chi connectivity index (χ0) is 13.9. The number of carbonyl (C=O) groups excluding carboxylic acids is 1. The summed E-state index contributed by atoms with van der Waals surface area (Å²) in [5.74, 6) is 0.829. The van der Waals surface area contributed by atoms with Crippen molar-refractivity contribution in [2.24, 2.45) is 5.92 Å². The molecule has 0 radical (unpaired) electrons. The van der Waals surface area contributed by atoms with Gasteiger partial charge in [0.05, 0.1) is 0 Å². The van der Waals surface area contributed by atoms with Crippen molar-refractivity contribution >= 4 is 5.91 Å². The van der Waals surface area contributed by atoms with Crippen molar-refractivity contribution in [2.45, 2.75) is 39.0 Å². The van der Waals surface area contributed by atoms with Crippen LogP contribution in [0.1, 0.15) is 50.1 Å². The van der Waals surface area contributed by atoms with Gasteiger partial charge in [0.15, 0.2) is 0 Å². The molecule has 1 aromatic heterocycles. The second-order valence-corrected chi connectivity index (χ2v) is 5.55. The van der Waals surface area contributed by atoms with Crippen LogP contribution in [0.5, 0.6) is 0 Å². The normalized spacial score (nSPS) is 20.3. The van der Waals surface area contributed by atoms with Gasteiger partial charge in [-0.25, -0.2) is 0 Å². The Bertz CT molecular complexity index is 436. The number of rotatable bonds is 4. The Hall–Kier alpha value is -1.43. The standard InChI is InChI=1S/C13H22N4O2/c1-4-15-11(18)10-16-12(19-17-10)13(2,3)9-6-5-7-14-8-9/h9,14H,4-8H2,1-3H3,(H,15,18). The fraction of sp³-hybridized carbons (Fsp3) is 0.769. The summed E-state index contributed by atoms with van der Waals surface area (Å²) in [7, 11) is 0. The highest BCUT2D eigenvalue weighted by molar-refractivity contribution is 5.90. The number of piperidine rings is 1. The monoisotopic (exact) mass is 266 g/mol. The van der Waals surface area contributed by atoms with Crippen molar-refractivity contribution in [1.82, 2.24) is 20.8 Å². The average molecular weight is 266 g/mol. The molecule has 0 bridgehead atoms. The highest BCUT2D eigenvalue weighted by atomic mass is 16.5. The first-order valence-electron chi connectivity index (χ1n) is 6.88. The third-order valence-corrected chi connectivity index (χ3v) is 3.84. The van der Waals surface area contributed by atoms with Crippen LogP contribution in [-0.2, 0) is 5.41 Å². The lowest BCUT2D eigenvalue weighted by Gasteiger charge is -2.34. The number of nitrogens with zero attached hydrogens (tertiary/aromatic N) is 2. The van der Waals surface area contributed by atoms with Crippen LogP contribution in [0.25, 0.3) is 0 Å². The van der Waals surface area contributed by atoms with Gasteiger partial charge in [-0.3, -0.25) is 4.79 Å². The molecule has 0 aromatic carbocycles. The van der Waals surface area contributed by atoms with Crippen LogP contribution >= 0.6 is 0 Å². The summed E-state index contributed by atoms with van der Waals surface area (Å²) < 4.78 is 5.30. The second-order valence-electron chi connectivity index (χ2n) is 5.55. The van der Waals surface area contributed by atoms with Crippen molar-refractivity contribution in [1.29, 1.82) is 0 Å². The Balaban J connectivity index is 2.13. The first-order valence-corrected chi connectivity index (χ1v) is 6.88. The fourth-order valence-electron chi connectivity index (χ4n) is 2.46. The number of hydrogen-bond donors (Lipinski definition) is 2. The second kappa shape index (κ2) is 5.69. The van der Waals surface area contributed by atoms with Crippen molar-refractivity contribution in [3.63, 3.8) is 0 Å². The van der Waals surface area contributed by atoms with E-state index in [1.807, 2.05) is 6.92 Å². The molecule has 1 atom stereocenters. The molecule has 1 aliphatic rings. The number of amides is 1. The van der Waals surface area contributed by atoms with Crippen LogP contribution < -0.4 is 10.6 Å². The smallest absolute Gasteiger partial charge is 0.292 e. The van der Waals surface area contributed by atoms with Gasteiger partial charge in [0, 0.05) is 12.0 Å². The van der Waals surface area contributed by atoms with E-state index in [4.69, 9.17) is 4.52 Å². The molecule has 106 valence electrons. The zero-order valence-corrected chi connectivity index (χ0v) is 11.8. The average Bonchev–Trinajstić information content (AvgIpc) is 2.90. The van der Waals surface area contributed by atoms with E-state index in [2.05, 4.69) is 34.6 Å². The topological polar surface area (TPSA) is 80.0 Å². The van der Waals surface area contributed by atoms with Gasteiger partial charge >= 0.3 is 0 Å². The first kappa shape index (κ1) is 14.0. The van der Waals surface area contributed by atoms with Crippen LogP contribution in [-0.4, -0.2) is 35.7 Å². The van der Waals surface area contributed by atoms with E-state index in [0.717, 1.165) is 25.9 Å². The predicted molar refractivity (Wildman–Crippen MR) is 70.9 cm³/mol. The van der Waals surface area contributed by atoms with Crippen LogP contribution in [0.15, 0.2) is 4.52 Å². The SMILES string of the molecule is CCNC(=O)c1noc(C(C)(C)C2CCCNC2)n1. The van der Waals surface area contributed by atoms with E-state index in [0.29, 0.717) is 18.4 Å². The largest absolute Gasteiger partial charge is 0.349 e. The molecule has 1 unspecified atom stereocenters. The van der Waals surface area contributed by atoms with Crippen molar-refractivity contribution in [3.8, 4) is 0 Å². The molecular weight excluding hydrogens is 244 g/mol. The van der Waals surface area contributed by atoms with E-state index >= 15 is 0 Å². The quantitative estimate of drug-likeness (QED) is 0.853. The zero-order valence-electron chi connectivity index (χ0n) is 11.8. The maximum absolute atomic E-state index is 11.7. The lowest BCUT2D eigenvalue weighted by atomic mass is 9.75. The minimum absolute atomic E-state index is 0.119. The summed E-state index contributed by atoms with van der Waals surface area (Å²) >= 11 is 0. The summed E-state index contributed by atoms with van der Waals surface area (Å²) in [6.45, 7) is 8.63. The molecule has 1 aromatic rings. The molecule has 6 nitrogen and oxygen atoms in total. The first-order chi connectivity index (χ1) is 9.05. The number of carbonyl (C=O) groups is 1. The molecule has 1 saturated heterocycles. The van der Waals surface area contributed by atoms with Crippen molar-refractivity contribution in [2.75, 3.05) is 19.6 Å². The maximum atomic E-state index is 11.7. The molecule has 0 saturated carbocycles. The molecule has 1 fully saturated rings. The van der Waals surface area contributed by atoms with Crippen molar-refractivity contribution < 1.29 is 9.32 Å². The minimum atomic E-state index is -0.282. The van der Waals surface area contributed by atoms with Crippen LogP contribution in [0.2, 0.25) is 0 Å². The highest BCUT2D eigenvalue weighted by Gasteiger charge is 2.37. The van der Waals surface area contributed by atoms with E-state index in [1.54, 1.807) is 0 Å². The Kier molecular flexibility index (Phi) is 4.19. The van der Waals surface area contributed by atoms with E-state index in [9.17, 15) is 4.79 Å². The number of hydrogen-bond acceptors (Lipinski definition) is 5. The lowest BCUT2D eigenvalue weighted by molar-refractivity contribution is 0.0942. The van der Waals surface area contributed by atoms with Crippen LogP contribution in [0.4, 0.5) is 0 Å². The van der Waals surface area contributed by atoms with Crippen LogP contribution in [0.3, 0.4) is 0 Å². The summed E-state index contributed by atoms with van der Waals surface area (Å²) in [4.78, 5) is 15.9. The molecule has 2 N–H and O–H groups in total. The highest BCUT2D eigenvalue weighted by Crippen LogP contribution is 2.34. The maximum Gasteiger partial charge on any atom is 0.292 e. The Morgan fingerprint density at radius 3 is 3.00 bits per heavy atom.